The van der Waals surface area contributed by atoms with E-state index in [1.54, 1.807) is 0 Å². The van der Waals surface area contributed by atoms with E-state index in [0.717, 1.165) is 38.5 Å². The number of carbonyl (C=O) groups excluding carboxylic acids is 1. The molecule has 0 radical (unpaired) electrons. The van der Waals surface area contributed by atoms with Gasteiger partial charge in [0.15, 0.2) is 0 Å². The second-order valence-corrected chi connectivity index (χ2v) is 9.61. The zero-order chi connectivity index (χ0) is 16.4. The molecule has 3 heteroatoms. The summed E-state index contributed by atoms with van der Waals surface area (Å²) in [5.41, 5.74) is -1.48. The fourth-order valence-electron chi connectivity index (χ4n) is 5.49. The Morgan fingerprint density at radius 3 is 2.14 bits per heavy atom. The highest BCUT2D eigenvalue weighted by molar-refractivity contribution is 5.76. The maximum atomic E-state index is 12.6. The van der Waals surface area contributed by atoms with E-state index in [-0.39, 0.29) is 17.0 Å². The van der Waals surface area contributed by atoms with Crippen LogP contribution in [0.5, 0.6) is 0 Å². The Kier molecular flexibility index (Phi) is 3.49. The smallest absolute Gasteiger partial charge is 0.312 e. The predicted octanol–water partition coefficient (Wildman–Crippen LogP) is 4.08. The predicted molar refractivity (Wildman–Crippen MR) is 86.3 cm³/mol. The third-order valence-electron chi connectivity index (χ3n) is 7.05. The summed E-state index contributed by atoms with van der Waals surface area (Å²) in [5, 5.41) is 10.8. The minimum absolute atomic E-state index is 0.0529. The summed E-state index contributed by atoms with van der Waals surface area (Å²) in [4.78, 5) is 12.6. The molecule has 2 atom stereocenters. The molecular formula is C19H32O3. The molecule has 4 rings (SSSR count). The molecule has 0 amide bonds. The van der Waals surface area contributed by atoms with Crippen LogP contribution in [0.1, 0.15) is 79.6 Å². The molecule has 0 saturated heterocycles. The van der Waals surface area contributed by atoms with Crippen molar-refractivity contribution in [1.29, 1.82) is 0 Å². The van der Waals surface area contributed by atoms with Gasteiger partial charge in [-0.15, -0.1) is 0 Å². The van der Waals surface area contributed by atoms with Crippen molar-refractivity contribution in [3.63, 3.8) is 0 Å². The van der Waals surface area contributed by atoms with Crippen LogP contribution < -0.4 is 0 Å². The fourth-order valence-corrected chi connectivity index (χ4v) is 5.49. The van der Waals surface area contributed by atoms with Crippen molar-refractivity contribution in [2.45, 2.75) is 90.8 Å². The third-order valence-corrected chi connectivity index (χ3v) is 7.05. The molecular weight excluding hydrogens is 276 g/mol. The molecule has 0 aromatic carbocycles. The molecule has 0 aliphatic heterocycles. The van der Waals surface area contributed by atoms with Crippen LogP contribution in [0.3, 0.4) is 0 Å². The summed E-state index contributed by atoms with van der Waals surface area (Å²) in [5.74, 6) is 1.18. The lowest BCUT2D eigenvalue weighted by atomic mass is 9.44. The van der Waals surface area contributed by atoms with Crippen LogP contribution in [0.25, 0.3) is 0 Å². The zero-order valence-corrected chi connectivity index (χ0v) is 14.9. The van der Waals surface area contributed by atoms with Crippen LogP contribution in [0.4, 0.5) is 0 Å². The molecule has 4 aliphatic carbocycles. The maximum Gasteiger partial charge on any atom is 0.312 e. The van der Waals surface area contributed by atoms with E-state index in [2.05, 4.69) is 0 Å². The Morgan fingerprint density at radius 1 is 1.14 bits per heavy atom. The molecule has 0 heterocycles. The van der Waals surface area contributed by atoms with Crippen LogP contribution in [-0.4, -0.2) is 22.3 Å². The molecule has 4 fully saturated rings. The number of aliphatic hydroxyl groups is 1. The van der Waals surface area contributed by atoms with E-state index in [4.69, 9.17) is 4.74 Å². The first-order valence-corrected chi connectivity index (χ1v) is 8.97. The molecule has 126 valence electrons. The van der Waals surface area contributed by atoms with Crippen LogP contribution in [0.2, 0.25) is 0 Å². The zero-order valence-electron chi connectivity index (χ0n) is 14.9. The first kappa shape index (κ1) is 16.3. The Labute approximate surface area is 134 Å². The van der Waals surface area contributed by atoms with Crippen molar-refractivity contribution in [3.05, 3.63) is 0 Å². The molecule has 0 aromatic rings. The van der Waals surface area contributed by atoms with Gasteiger partial charge >= 0.3 is 5.97 Å². The van der Waals surface area contributed by atoms with E-state index in [9.17, 15) is 9.90 Å². The summed E-state index contributed by atoms with van der Waals surface area (Å²) in [6, 6.07) is 0. The van der Waals surface area contributed by atoms with Crippen molar-refractivity contribution < 1.29 is 14.6 Å². The lowest BCUT2D eigenvalue weighted by Crippen LogP contribution is -2.63. The maximum absolute atomic E-state index is 12.6. The van der Waals surface area contributed by atoms with Crippen molar-refractivity contribution in [2.75, 3.05) is 0 Å². The van der Waals surface area contributed by atoms with Gasteiger partial charge in [-0.1, -0.05) is 6.92 Å². The summed E-state index contributed by atoms with van der Waals surface area (Å²) in [7, 11) is 0. The molecule has 4 aliphatic rings. The van der Waals surface area contributed by atoms with Gasteiger partial charge in [0.2, 0.25) is 0 Å². The third kappa shape index (κ3) is 2.40. The molecule has 2 unspecified atom stereocenters. The lowest BCUT2D eigenvalue weighted by Gasteiger charge is -2.64. The van der Waals surface area contributed by atoms with Gasteiger partial charge in [-0.2, -0.15) is 0 Å². The summed E-state index contributed by atoms with van der Waals surface area (Å²) in [6.07, 6.45) is 7.12. The first-order chi connectivity index (χ1) is 10.0. The Morgan fingerprint density at radius 2 is 1.68 bits per heavy atom. The van der Waals surface area contributed by atoms with Crippen LogP contribution >= 0.6 is 0 Å². The molecule has 22 heavy (non-hydrogen) atoms. The second kappa shape index (κ2) is 4.72. The molecule has 4 saturated carbocycles. The Balaban J connectivity index is 1.87. The normalized spacial score (nSPS) is 40.8. The molecule has 0 spiro atoms. The van der Waals surface area contributed by atoms with Gasteiger partial charge in [-0.3, -0.25) is 4.79 Å². The number of ether oxygens (including phenoxy) is 1. The molecule has 1 N–H and O–H groups in total. The van der Waals surface area contributed by atoms with Crippen molar-refractivity contribution >= 4 is 5.97 Å². The van der Waals surface area contributed by atoms with Gasteiger partial charge in [-0.25, -0.2) is 0 Å². The average Bonchev–Trinajstić information content (AvgIpc) is 2.35. The van der Waals surface area contributed by atoms with Gasteiger partial charge < -0.3 is 9.84 Å². The Hall–Kier alpha value is -0.570. The second-order valence-electron chi connectivity index (χ2n) is 9.61. The minimum Gasteiger partial charge on any atom is -0.459 e. The molecule has 4 bridgehead atoms. The fraction of sp³-hybridized carbons (Fsp3) is 0.947. The van der Waals surface area contributed by atoms with Gasteiger partial charge in [0, 0.05) is 5.41 Å². The number of hydrogen-bond acceptors (Lipinski definition) is 3. The van der Waals surface area contributed by atoms with E-state index in [1.165, 1.54) is 6.42 Å². The van der Waals surface area contributed by atoms with Crippen LogP contribution in [0, 0.1) is 22.7 Å². The monoisotopic (exact) mass is 308 g/mol. The van der Waals surface area contributed by atoms with Crippen molar-refractivity contribution in [2.24, 2.45) is 22.7 Å². The van der Waals surface area contributed by atoms with E-state index in [0.29, 0.717) is 11.8 Å². The minimum atomic E-state index is -0.692. The van der Waals surface area contributed by atoms with Crippen LogP contribution in [-0.2, 0) is 9.53 Å². The van der Waals surface area contributed by atoms with Crippen molar-refractivity contribution in [1.82, 2.24) is 0 Å². The standard InChI is InChI=1S/C19H32O3/c1-6-16(2,3)15(20)22-19-10-13-7-14(11-19)9-18(8-13,12-19)17(4,5)21/h13-14,21H,6-12H2,1-5H3. The summed E-state index contributed by atoms with van der Waals surface area (Å²) >= 11 is 0. The highest BCUT2D eigenvalue weighted by Crippen LogP contribution is 2.66. The number of rotatable bonds is 4. The van der Waals surface area contributed by atoms with Gasteiger partial charge in [0.1, 0.15) is 5.60 Å². The van der Waals surface area contributed by atoms with Gasteiger partial charge in [-0.05, 0) is 84.5 Å². The Bertz CT molecular complexity index is 458. The number of hydrogen-bond donors (Lipinski definition) is 1. The number of carbonyl (C=O) groups is 1. The highest BCUT2D eigenvalue weighted by Gasteiger charge is 2.63. The summed E-state index contributed by atoms with van der Waals surface area (Å²) < 4.78 is 6.18. The quantitative estimate of drug-likeness (QED) is 0.796. The van der Waals surface area contributed by atoms with E-state index in [1.807, 2.05) is 34.6 Å². The first-order valence-electron chi connectivity index (χ1n) is 8.97. The molecule has 3 nitrogen and oxygen atoms in total. The largest absolute Gasteiger partial charge is 0.459 e. The highest BCUT2D eigenvalue weighted by atomic mass is 16.6. The number of esters is 1. The van der Waals surface area contributed by atoms with Crippen molar-refractivity contribution in [3.8, 4) is 0 Å². The topological polar surface area (TPSA) is 46.5 Å². The lowest BCUT2D eigenvalue weighted by molar-refractivity contribution is -0.238. The van der Waals surface area contributed by atoms with Crippen LogP contribution in [0.15, 0.2) is 0 Å². The average molecular weight is 308 g/mol. The van der Waals surface area contributed by atoms with Gasteiger partial charge in [0.05, 0.1) is 11.0 Å². The van der Waals surface area contributed by atoms with Gasteiger partial charge in [0.25, 0.3) is 0 Å². The van der Waals surface area contributed by atoms with E-state index >= 15 is 0 Å². The SMILES string of the molecule is CCC(C)(C)C(=O)OC12CC3CC(C1)CC(C(C)(C)O)(C3)C2. The molecule has 0 aromatic heterocycles. The van der Waals surface area contributed by atoms with E-state index < -0.39 is 11.0 Å². The summed E-state index contributed by atoms with van der Waals surface area (Å²) in [6.45, 7) is 9.89.